The molecule has 2 bridgehead atoms. The van der Waals surface area contributed by atoms with Gasteiger partial charge in [-0.3, -0.25) is 9.59 Å². The van der Waals surface area contributed by atoms with Crippen molar-refractivity contribution in [3.05, 3.63) is 71.6 Å². The number of ether oxygens (including phenoxy) is 3. The van der Waals surface area contributed by atoms with Gasteiger partial charge in [0.2, 0.25) is 11.8 Å². The summed E-state index contributed by atoms with van der Waals surface area (Å²) in [6.07, 6.45) is 10.3. The maximum Gasteiger partial charge on any atom is 0.407 e. The first-order valence-corrected chi connectivity index (χ1v) is 21.9. The Hall–Kier alpha value is -5.70. The highest BCUT2D eigenvalue weighted by Gasteiger charge is 2.51. The number of carbonyl (C=O) groups excluding carboxylic acids is 4. The first kappa shape index (κ1) is 40.7. The molecule has 5 heterocycles. The summed E-state index contributed by atoms with van der Waals surface area (Å²) in [7, 11) is 2.63. The Labute approximate surface area is 355 Å². The van der Waals surface area contributed by atoms with Crippen LogP contribution in [0.1, 0.15) is 93.7 Å². The molecule has 4 aromatic rings. The predicted molar refractivity (Wildman–Crippen MR) is 226 cm³/mol. The molecule has 322 valence electrons. The number of carbonyl (C=O) groups is 4. The standard InChI is InChI=1S/C46H56N8O7/c1-25(2)38(51-45(57)59-3)44(56)54-32-12-9-31(22-32)40(54)42-48-24-36(50-42)30-11-14-34-28(21-30)8-7-27-20-29(10-13-33(27)34)35-23-47-41(49-35)37-6-5-17-53(37)43(55)39(52-46(58)60-4)26-15-18-61-19-16-26/h10-11,13-14,20-21,23-26,31-32,37-40H,5-9,12,15-19,22H2,1-4H3,(H,47,49)(H,48,50)(H,51,57)(H,52,58)/t31?,32?,37-,38-,39-,40-/m0/s1. The van der Waals surface area contributed by atoms with Gasteiger partial charge in [0, 0.05) is 25.8 Å². The maximum atomic E-state index is 14.0. The SMILES string of the molecule is COC(=O)N[C@H](C(=O)N1C2CCC(C2)[C@H]1c1ncc(-c2ccc3c(c2)CCc2cc(-c4cnc([C@@H]5CCCN5C(=O)[C@@H](NC(=O)OC)C5CCOCC5)[nH]4)ccc2-3)[nH]1)C(C)C. The van der Waals surface area contributed by atoms with E-state index >= 15 is 0 Å². The van der Waals surface area contributed by atoms with Gasteiger partial charge in [-0.05, 0) is 121 Å². The third-order valence-corrected chi connectivity index (χ3v) is 13.8. The number of nitrogens with zero attached hydrogens (tertiary/aromatic N) is 4. The van der Waals surface area contributed by atoms with E-state index in [1.165, 1.54) is 36.5 Å². The number of piperidine rings is 1. The van der Waals surface area contributed by atoms with Crippen molar-refractivity contribution in [3.8, 4) is 33.6 Å². The van der Waals surface area contributed by atoms with Gasteiger partial charge in [-0.15, -0.1) is 0 Å². The number of methoxy groups -OCH3 is 2. The molecule has 15 heteroatoms. The highest BCUT2D eigenvalue weighted by atomic mass is 16.5. The smallest absolute Gasteiger partial charge is 0.407 e. The van der Waals surface area contributed by atoms with Gasteiger partial charge in [0.05, 0.1) is 50.1 Å². The lowest BCUT2D eigenvalue weighted by molar-refractivity contribution is -0.139. The van der Waals surface area contributed by atoms with Gasteiger partial charge >= 0.3 is 12.2 Å². The van der Waals surface area contributed by atoms with Gasteiger partial charge in [-0.1, -0.05) is 38.1 Å². The molecule has 2 aliphatic carbocycles. The number of aromatic nitrogens is 4. The fourth-order valence-corrected chi connectivity index (χ4v) is 10.6. The van der Waals surface area contributed by atoms with Crippen LogP contribution in [0.5, 0.6) is 0 Å². The molecular formula is C46H56N8O7. The highest BCUT2D eigenvalue weighted by Crippen LogP contribution is 2.50. The lowest BCUT2D eigenvalue weighted by atomic mass is 9.83. The van der Waals surface area contributed by atoms with Crippen LogP contribution >= 0.6 is 0 Å². The minimum absolute atomic E-state index is 0.0242. The van der Waals surface area contributed by atoms with Crippen LogP contribution < -0.4 is 10.6 Å². The van der Waals surface area contributed by atoms with Gasteiger partial charge in [-0.25, -0.2) is 19.6 Å². The summed E-state index contributed by atoms with van der Waals surface area (Å²) in [5.74, 6) is 1.54. The molecule has 5 aliphatic rings. The van der Waals surface area contributed by atoms with Crippen molar-refractivity contribution in [2.75, 3.05) is 34.0 Å². The first-order valence-electron chi connectivity index (χ1n) is 21.9. The van der Waals surface area contributed by atoms with Crippen LogP contribution in [0.3, 0.4) is 0 Å². The lowest BCUT2D eigenvalue weighted by Crippen LogP contribution is -2.54. The molecule has 9 rings (SSSR count). The topological polar surface area (TPSA) is 184 Å². The van der Waals surface area contributed by atoms with E-state index in [2.05, 4.69) is 57.0 Å². The van der Waals surface area contributed by atoms with Crippen LogP contribution in [0.25, 0.3) is 33.6 Å². The molecule has 3 saturated heterocycles. The molecule has 6 atom stereocenters. The average Bonchev–Trinajstić information content (AvgIpc) is 4.15. The Kier molecular flexibility index (Phi) is 11.3. The molecule has 15 nitrogen and oxygen atoms in total. The second-order valence-corrected chi connectivity index (χ2v) is 17.6. The third-order valence-electron chi connectivity index (χ3n) is 13.8. The zero-order valence-corrected chi connectivity index (χ0v) is 35.4. The van der Waals surface area contributed by atoms with Crippen LogP contribution in [-0.2, 0) is 36.6 Å². The summed E-state index contributed by atoms with van der Waals surface area (Å²) in [5, 5.41) is 5.60. The zero-order valence-electron chi connectivity index (χ0n) is 35.4. The zero-order chi connectivity index (χ0) is 42.4. The van der Waals surface area contributed by atoms with Crippen LogP contribution in [0.15, 0.2) is 48.8 Å². The van der Waals surface area contributed by atoms with Crippen LogP contribution in [0.4, 0.5) is 9.59 Å². The number of amides is 4. The number of alkyl carbamates (subject to hydrolysis) is 2. The average molecular weight is 833 g/mol. The fourth-order valence-electron chi connectivity index (χ4n) is 10.6. The van der Waals surface area contributed by atoms with Crippen LogP contribution in [0.2, 0.25) is 0 Å². The summed E-state index contributed by atoms with van der Waals surface area (Å²) < 4.78 is 15.3. The van der Waals surface area contributed by atoms with Gasteiger partial charge in [0.15, 0.2) is 0 Å². The number of rotatable bonds is 10. The van der Waals surface area contributed by atoms with E-state index in [0.717, 1.165) is 79.1 Å². The molecule has 3 aliphatic heterocycles. The number of likely N-dealkylation sites (tertiary alicyclic amines) is 2. The first-order chi connectivity index (χ1) is 29.6. The van der Waals surface area contributed by atoms with Crippen LogP contribution in [0, 0.1) is 17.8 Å². The van der Waals surface area contributed by atoms with Gasteiger partial charge in [-0.2, -0.15) is 0 Å². The van der Waals surface area contributed by atoms with Crippen molar-refractivity contribution in [1.82, 2.24) is 40.4 Å². The molecule has 0 radical (unpaired) electrons. The van der Waals surface area contributed by atoms with Crippen LogP contribution in [-0.4, -0.2) is 106 Å². The van der Waals surface area contributed by atoms with Gasteiger partial charge in [0.1, 0.15) is 23.7 Å². The molecule has 4 amide bonds. The molecule has 1 saturated carbocycles. The largest absolute Gasteiger partial charge is 0.453 e. The summed E-state index contributed by atoms with van der Waals surface area (Å²) >= 11 is 0. The number of hydrogen-bond donors (Lipinski definition) is 4. The minimum atomic E-state index is -0.681. The maximum absolute atomic E-state index is 14.0. The number of benzene rings is 2. The Morgan fingerprint density at radius 2 is 1.41 bits per heavy atom. The molecule has 0 spiro atoms. The summed E-state index contributed by atoms with van der Waals surface area (Å²) in [6.45, 7) is 5.60. The molecule has 4 N–H and O–H groups in total. The molecule has 2 aromatic carbocycles. The van der Waals surface area contributed by atoms with Crippen molar-refractivity contribution in [2.45, 2.75) is 102 Å². The molecule has 4 fully saturated rings. The Morgan fingerprint density at radius 3 is 2.05 bits per heavy atom. The van der Waals surface area contributed by atoms with Crippen molar-refractivity contribution < 1.29 is 33.4 Å². The Balaban J connectivity index is 0.904. The van der Waals surface area contributed by atoms with Gasteiger partial charge in [0.25, 0.3) is 0 Å². The van der Waals surface area contributed by atoms with E-state index in [0.29, 0.717) is 38.5 Å². The number of H-pyrrole nitrogens is 2. The number of aryl methyl sites for hydroxylation is 2. The second kappa shape index (κ2) is 17.0. The lowest BCUT2D eigenvalue weighted by Gasteiger charge is -2.37. The fraction of sp³-hybridized carbons (Fsp3) is 0.522. The third kappa shape index (κ3) is 7.77. The van der Waals surface area contributed by atoms with E-state index in [1.807, 2.05) is 36.0 Å². The van der Waals surface area contributed by atoms with E-state index < -0.39 is 24.3 Å². The van der Waals surface area contributed by atoms with E-state index in [9.17, 15) is 19.2 Å². The van der Waals surface area contributed by atoms with Crippen molar-refractivity contribution in [2.24, 2.45) is 17.8 Å². The molecule has 2 aromatic heterocycles. The van der Waals surface area contributed by atoms with Crippen molar-refractivity contribution in [1.29, 1.82) is 0 Å². The normalized spacial score (nSPS) is 23.0. The number of nitrogens with one attached hydrogen (secondary N) is 4. The van der Waals surface area contributed by atoms with E-state index in [1.54, 1.807) is 0 Å². The molecular weight excluding hydrogens is 777 g/mol. The van der Waals surface area contributed by atoms with Crippen molar-refractivity contribution >= 4 is 24.0 Å². The number of imidazole rings is 2. The van der Waals surface area contributed by atoms with Gasteiger partial charge < -0.3 is 44.6 Å². The number of hydrogen-bond acceptors (Lipinski definition) is 9. The highest BCUT2D eigenvalue weighted by molar-refractivity contribution is 5.88. The minimum Gasteiger partial charge on any atom is -0.453 e. The Bertz CT molecular complexity index is 2300. The predicted octanol–water partition coefficient (Wildman–Crippen LogP) is 6.48. The molecule has 61 heavy (non-hydrogen) atoms. The van der Waals surface area contributed by atoms with E-state index in [4.69, 9.17) is 24.2 Å². The summed E-state index contributed by atoms with van der Waals surface area (Å²) in [6, 6.07) is 11.5. The summed E-state index contributed by atoms with van der Waals surface area (Å²) in [4.78, 5) is 73.2. The number of aromatic amines is 2. The monoisotopic (exact) mass is 832 g/mol. The second-order valence-electron chi connectivity index (χ2n) is 17.6. The Morgan fingerprint density at radius 1 is 0.787 bits per heavy atom. The molecule has 2 unspecified atom stereocenters. The number of fused-ring (bicyclic) bond motifs is 5. The quantitative estimate of drug-likeness (QED) is 0.139. The summed E-state index contributed by atoms with van der Waals surface area (Å²) in [5.41, 5.74) is 8.87. The van der Waals surface area contributed by atoms with E-state index in [-0.39, 0.29) is 41.8 Å². The van der Waals surface area contributed by atoms with Crippen molar-refractivity contribution in [3.63, 3.8) is 0 Å².